The molecule has 0 saturated heterocycles. The predicted octanol–water partition coefficient (Wildman–Crippen LogP) is 4.85. The SMILES string of the molecule is Cc1cccc(C)c1C[C@@H](NC(=O)C(c1ccccc1)(c1ccccc1)c1ccccc1)C(N)=O. The molecule has 4 aromatic carbocycles. The molecule has 35 heavy (non-hydrogen) atoms. The Morgan fingerprint density at radius 1 is 0.686 bits per heavy atom. The third-order valence-corrected chi connectivity index (χ3v) is 6.66. The number of amides is 2. The van der Waals surface area contributed by atoms with Gasteiger partial charge in [0.15, 0.2) is 0 Å². The summed E-state index contributed by atoms with van der Waals surface area (Å²) in [5, 5.41) is 3.04. The lowest BCUT2D eigenvalue weighted by atomic mass is 9.68. The Morgan fingerprint density at radius 2 is 1.09 bits per heavy atom. The highest BCUT2D eigenvalue weighted by Gasteiger charge is 2.44. The second-order valence-corrected chi connectivity index (χ2v) is 8.85. The van der Waals surface area contributed by atoms with Gasteiger partial charge in [0.05, 0.1) is 0 Å². The van der Waals surface area contributed by atoms with Crippen LogP contribution in [0.25, 0.3) is 0 Å². The first-order chi connectivity index (χ1) is 16.9. The fourth-order valence-corrected chi connectivity index (χ4v) is 4.82. The molecule has 0 fully saturated rings. The summed E-state index contributed by atoms with van der Waals surface area (Å²) in [5.74, 6) is -0.861. The molecule has 0 aromatic heterocycles. The lowest BCUT2D eigenvalue weighted by Gasteiger charge is -2.35. The minimum absolute atomic E-state index is 0.295. The van der Waals surface area contributed by atoms with Crippen molar-refractivity contribution >= 4 is 11.8 Å². The van der Waals surface area contributed by atoms with Crippen LogP contribution in [0.4, 0.5) is 0 Å². The summed E-state index contributed by atoms with van der Waals surface area (Å²) >= 11 is 0. The van der Waals surface area contributed by atoms with E-state index in [-0.39, 0.29) is 5.91 Å². The Kier molecular flexibility index (Phi) is 7.11. The van der Waals surface area contributed by atoms with Gasteiger partial charge in [-0.2, -0.15) is 0 Å². The largest absolute Gasteiger partial charge is 0.368 e. The molecule has 4 nitrogen and oxygen atoms in total. The number of benzene rings is 4. The second-order valence-electron chi connectivity index (χ2n) is 8.85. The van der Waals surface area contributed by atoms with E-state index in [0.29, 0.717) is 6.42 Å². The van der Waals surface area contributed by atoms with Gasteiger partial charge in [0.1, 0.15) is 11.5 Å². The van der Waals surface area contributed by atoms with E-state index < -0.39 is 17.4 Å². The molecule has 0 aliphatic rings. The molecule has 0 heterocycles. The molecule has 0 saturated carbocycles. The van der Waals surface area contributed by atoms with Gasteiger partial charge in [0.25, 0.3) is 0 Å². The third-order valence-electron chi connectivity index (χ3n) is 6.66. The normalized spacial score (nSPS) is 12.1. The Balaban J connectivity index is 1.86. The van der Waals surface area contributed by atoms with E-state index >= 15 is 0 Å². The number of hydrogen-bond acceptors (Lipinski definition) is 2. The van der Waals surface area contributed by atoms with Crippen molar-refractivity contribution in [2.45, 2.75) is 31.7 Å². The Labute approximate surface area is 206 Å². The molecule has 176 valence electrons. The summed E-state index contributed by atoms with van der Waals surface area (Å²) in [6.07, 6.45) is 0.327. The quantitative estimate of drug-likeness (QED) is 0.368. The third kappa shape index (κ3) is 4.73. The van der Waals surface area contributed by atoms with Crippen molar-refractivity contribution in [3.05, 3.63) is 143 Å². The molecule has 0 bridgehead atoms. The van der Waals surface area contributed by atoms with Crippen molar-refractivity contribution in [2.24, 2.45) is 5.73 Å². The van der Waals surface area contributed by atoms with E-state index in [1.807, 2.05) is 123 Å². The standard InChI is InChI=1S/C31H30N2O2/c1-22-13-12-14-23(2)27(22)21-28(29(32)34)33-30(35)31(24-15-6-3-7-16-24,25-17-8-4-9-18-25)26-19-10-5-11-20-26/h3-20,28H,21H2,1-2H3,(H2,32,34)(H,33,35)/t28-/m1/s1. The molecular formula is C31H30N2O2. The van der Waals surface area contributed by atoms with Crippen LogP contribution in [0.15, 0.2) is 109 Å². The first-order valence-corrected chi connectivity index (χ1v) is 11.8. The van der Waals surface area contributed by atoms with Crippen LogP contribution in [0.1, 0.15) is 33.4 Å². The second kappa shape index (κ2) is 10.4. The van der Waals surface area contributed by atoms with Gasteiger partial charge in [-0.25, -0.2) is 0 Å². The van der Waals surface area contributed by atoms with Gasteiger partial charge in [-0.3, -0.25) is 9.59 Å². The molecule has 3 N–H and O–H groups in total. The molecule has 4 aromatic rings. The number of carbonyl (C=O) groups excluding carboxylic acids is 2. The molecule has 0 aliphatic carbocycles. The highest BCUT2D eigenvalue weighted by atomic mass is 16.2. The summed E-state index contributed by atoms with van der Waals surface area (Å²) < 4.78 is 0. The van der Waals surface area contributed by atoms with Gasteiger partial charge < -0.3 is 11.1 Å². The van der Waals surface area contributed by atoms with Crippen molar-refractivity contribution in [3.8, 4) is 0 Å². The molecule has 1 atom stereocenters. The molecule has 4 rings (SSSR count). The minimum atomic E-state index is -1.17. The predicted molar refractivity (Wildman–Crippen MR) is 140 cm³/mol. The molecular weight excluding hydrogens is 432 g/mol. The van der Waals surface area contributed by atoms with Gasteiger partial charge in [-0.15, -0.1) is 0 Å². The first-order valence-electron chi connectivity index (χ1n) is 11.8. The van der Waals surface area contributed by atoms with Crippen LogP contribution >= 0.6 is 0 Å². The molecule has 4 heteroatoms. The van der Waals surface area contributed by atoms with Gasteiger partial charge in [-0.1, -0.05) is 109 Å². The van der Waals surface area contributed by atoms with Crippen LogP contribution < -0.4 is 11.1 Å². The van der Waals surface area contributed by atoms with Crippen molar-refractivity contribution in [1.82, 2.24) is 5.32 Å². The summed E-state index contributed by atoms with van der Waals surface area (Å²) in [7, 11) is 0. The highest BCUT2D eigenvalue weighted by Crippen LogP contribution is 2.39. The number of aryl methyl sites for hydroxylation is 2. The van der Waals surface area contributed by atoms with Crippen LogP contribution in [-0.2, 0) is 21.4 Å². The highest BCUT2D eigenvalue weighted by molar-refractivity contribution is 5.98. The van der Waals surface area contributed by atoms with E-state index in [1.54, 1.807) is 0 Å². The van der Waals surface area contributed by atoms with E-state index in [9.17, 15) is 9.59 Å². The molecule has 0 unspecified atom stereocenters. The number of nitrogens with two attached hydrogens (primary N) is 1. The molecule has 0 aliphatic heterocycles. The smallest absolute Gasteiger partial charge is 0.240 e. The van der Waals surface area contributed by atoms with Crippen molar-refractivity contribution in [1.29, 1.82) is 0 Å². The van der Waals surface area contributed by atoms with Gasteiger partial charge in [0.2, 0.25) is 11.8 Å². The number of primary amides is 1. The summed E-state index contributed by atoms with van der Waals surface area (Å²) in [6.45, 7) is 4.01. The lowest BCUT2D eigenvalue weighted by Crippen LogP contribution is -2.54. The lowest BCUT2D eigenvalue weighted by molar-refractivity contribution is -0.129. The van der Waals surface area contributed by atoms with Crippen LogP contribution in [-0.4, -0.2) is 17.9 Å². The maximum atomic E-state index is 14.4. The topological polar surface area (TPSA) is 72.2 Å². The Hall–Kier alpha value is -4.18. The van der Waals surface area contributed by atoms with Crippen LogP contribution in [0.5, 0.6) is 0 Å². The monoisotopic (exact) mass is 462 g/mol. The van der Waals surface area contributed by atoms with Crippen LogP contribution in [0.2, 0.25) is 0 Å². The van der Waals surface area contributed by atoms with E-state index in [2.05, 4.69) is 5.32 Å². The van der Waals surface area contributed by atoms with E-state index in [1.165, 1.54) is 0 Å². The van der Waals surface area contributed by atoms with Gasteiger partial charge >= 0.3 is 0 Å². The average Bonchev–Trinajstić information content (AvgIpc) is 2.88. The zero-order valence-electron chi connectivity index (χ0n) is 20.1. The zero-order valence-corrected chi connectivity index (χ0v) is 20.1. The first kappa shape index (κ1) is 24.0. The maximum absolute atomic E-state index is 14.4. The Morgan fingerprint density at radius 3 is 1.46 bits per heavy atom. The fourth-order valence-electron chi connectivity index (χ4n) is 4.82. The van der Waals surface area contributed by atoms with Crippen molar-refractivity contribution in [3.63, 3.8) is 0 Å². The Bertz CT molecular complexity index is 1190. The number of nitrogens with one attached hydrogen (secondary N) is 1. The number of carbonyl (C=O) groups is 2. The number of rotatable bonds is 8. The van der Waals surface area contributed by atoms with E-state index in [0.717, 1.165) is 33.4 Å². The summed E-state index contributed by atoms with van der Waals surface area (Å²) in [4.78, 5) is 27.0. The maximum Gasteiger partial charge on any atom is 0.240 e. The van der Waals surface area contributed by atoms with Crippen LogP contribution in [0.3, 0.4) is 0 Å². The fraction of sp³-hybridized carbons (Fsp3) is 0.161. The summed E-state index contributed by atoms with van der Waals surface area (Å²) in [5.41, 5.74) is 10.2. The molecule has 2 amide bonds. The van der Waals surface area contributed by atoms with E-state index in [4.69, 9.17) is 5.73 Å². The summed E-state index contributed by atoms with van der Waals surface area (Å²) in [6, 6.07) is 34.1. The number of hydrogen-bond donors (Lipinski definition) is 2. The molecule has 0 radical (unpaired) electrons. The average molecular weight is 463 g/mol. The molecule has 0 spiro atoms. The van der Waals surface area contributed by atoms with Gasteiger partial charge in [0, 0.05) is 6.42 Å². The zero-order chi connectivity index (χ0) is 24.8. The van der Waals surface area contributed by atoms with Crippen molar-refractivity contribution in [2.75, 3.05) is 0 Å². The van der Waals surface area contributed by atoms with Crippen molar-refractivity contribution < 1.29 is 9.59 Å². The van der Waals surface area contributed by atoms with Gasteiger partial charge in [-0.05, 0) is 47.2 Å². The van der Waals surface area contributed by atoms with Crippen LogP contribution in [0, 0.1) is 13.8 Å². The minimum Gasteiger partial charge on any atom is -0.368 e.